The summed E-state index contributed by atoms with van der Waals surface area (Å²) in [6.45, 7) is 0.612. The van der Waals surface area contributed by atoms with Crippen molar-refractivity contribution in [3.63, 3.8) is 0 Å². The van der Waals surface area contributed by atoms with Crippen molar-refractivity contribution in [2.45, 2.75) is 25.3 Å². The molecule has 1 aromatic carbocycles. The van der Waals surface area contributed by atoms with Gasteiger partial charge < -0.3 is 11.1 Å². The van der Waals surface area contributed by atoms with Gasteiger partial charge in [-0.2, -0.15) is 0 Å². The molecule has 0 spiro atoms. The number of thiophene rings is 1. The first-order chi connectivity index (χ1) is 10.1. The second-order valence-corrected chi connectivity index (χ2v) is 7.26. The maximum atomic E-state index is 12.5. The van der Waals surface area contributed by atoms with Gasteiger partial charge in [0.25, 0.3) is 5.91 Å². The second-order valence-electron chi connectivity index (χ2n) is 5.39. The fourth-order valence-electron chi connectivity index (χ4n) is 2.93. The molecule has 1 saturated carbocycles. The summed E-state index contributed by atoms with van der Waals surface area (Å²) in [5.74, 6) is 0.263. The Morgan fingerprint density at radius 2 is 2.19 bits per heavy atom. The molecule has 3 N–H and O–H groups in total. The zero-order valence-electron chi connectivity index (χ0n) is 11.4. The van der Waals surface area contributed by atoms with Crippen LogP contribution in [-0.2, 0) is 0 Å². The molecule has 0 aliphatic heterocycles. The molecule has 2 atom stereocenters. The van der Waals surface area contributed by atoms with E-state index in [9.17, 15) is 4.79 Å². The number of hydrogen-bond acceptors (Lipinski definition) is 3. The predicted molar refractivity (Wildman–Crippen MR) is 89.5 cm³/mol. The molecule has 6 heteroatoms. The van der Waals surface area contributed by atoms with Crippen LogP contribution in [-0.4, -0.2) is 18.5 Å². The Morgan fingerprint density at radius 3 is 2.95 bits per heavy atom. The highest BCUT2D eigenvalue weighted by atomic mass is 35.5. The van der Waals surface area contributed by atoms with Crippen molar-refractivity contribution < 1.29 is 4.79 Å². The number of carbonyl (C=O) groups is 1. The molecular weight excluding hydrogens is 327 g/mol. The number of halogens is 2. The summed E-state index contributed by atoms with van der Waals surface area (Å²) in [6, 6.07) is 5.63. The van der Waals surface area contributed by atoms with Crippen LogP contribution in [0.1, 0.15) is 28.9 Å². The Morgan fingerprint density at radius 1 is 1.38 bits per heavy atom. The minimum Gasteiger partial charge on any atom is -0.348 e. The monoisotopic (exact) mass is 342 g/mol. The van der Waals surface area contributed by atoms with Crippen molar-refractivity contribution in [1.29, 1.82) is 0 Å². The minimum atomic E-state index is -0.109. The molecule has 1 aliphatic carbocycles. The van der Waals surface area contributed by atoms with E-state index < -0.39 is 0 Å². The average molecular weight is 343 g/mol. The van der Waals surface area contributed by atoms with Crippen LogP contribution >= 0.6 is 34.5 Å². The molecule has 1 heterocycles. The third-order valence-electron chi connectivity index (χ3n) is 4.08. The lowest BCUT2D eigenvalue weighted by atomic mass is 10.0. The molecule has 2 unspecified atom stereocenters. The van der Waals surface area contributed by atoms with E-state index in [2.05, 4.69) is 5.32 Å². The van der Waals surface area contributed by atoms with Crippen molar-refractivity contribution in [2.24, 2.45) is 11.7 Å². The van der Waals surface area contributed by atoms with Crippen LogP contribution in [0.3, 0.4) is 0 Å². The Labute approximate surface area is 137 Å². The van der Waals surface area contributed by atoms with Gasteiger partial charge in [0.1, 0.15) is 4.88 Å². The maximum Gasteiger partial charge on any atom is 0.263 e. The fraction of sp³-hybridized carbons (Fsp3) is 0.400. The van der Waals surface area contributed by atoms with Crippen LogP contribution < -0.4 is 11.1 Å². The van der Waals surface area contributed by atoms with E-state index in [1.54, 1.807) is 6.07 Å². The van der Waals surface area contributed by atoms with Gasteiger partial charge in [0.2, 0.25) is 0 Å². The van der Waals surface area contributed by atoms with Gasteiger partial charge in [-0.1, -0.05) is 35.7 Å². The van der Waals surface area contributed by atoms with Gasteiger partial charge in [-0.05, 0) is 37.4 Å². The number of benzene rings is 1. The van der Waals surface area contributed by atoms with Crippen LogP contribution in [0.5, 0.6) is 0 Å². The summed E-state index contributed by atoms with van der Waals surface area (Å²) >= 11 is 13.7. The zero-order valence-corrected chi connectivity index (χ0v) is 13.7. The average Bonchev–Trinajstić information content (AvgIpc) is 3.03. The van der Waals surface area contributed by atoms with Crippen LogP contribution in [0.15, 0.2) is 18.2 Å². The molecule has 21 heavy (non-hydrogen) atoms. The first-order valence-corrected chi connectivity index (χ1v) is 8.56. The van der Waals surface area contributed by atoms with Crippen molar-refractivity contribution in [2.75, 3.05) is 6.54 Å². The Balaban J connectivity index is 1.86. The number of nitrogens with two attached hydrogens (primary N) is 1. The van der Waals surface area contributed by atoms with Crippen LogP contribution in [0, 0.1) is 5.92 Å². The van der Waals surface area contributed by atoms with Gasteiger partial charge >= 0.3 is 0 Å². The van der Waals surface area contributed by atoms with E-state index in [-0.39, 0.29) is 11.9 Å². The number of fused-ring (bicyclic) bond motifs is 1. The standard InChI is InChI=1S/C15H16Cl2N2OS/c16-9-4-5-10-12(6-9)21-14(13(10)17)15(20)19-11-3-1-2-8(11)7-18/h4-6,8,11H,1-3,7,18H2,(H,19,20). The highest BCUT2D eigenvalue weighted by Gasteiger charge is 2.29. The molecule has 1 aromatic heterocycles. The number of nitrogens with one attached hydrogen (secondary N) is 1. The van der Waals surface area contributed by atoms with Crippen LogP contribution in [0.4, 0.5) is 0 Å². The topological polar surface area (TPSA) is 55.1 Å². The quantitative estimate of drug-likeness (QED) is 0.883. The molecule has 0 saturated heterocycles. The third kappa shape index (κ3) is 2.90. The first kappa shape index (κ1) is 15.1. The van der Waals surface area contributed by atoms with Gasteiger partial charge in [0.05, 0.1) is 5.02 Å². The van der Waals surface area contributed by atoms with Crippen LogP contribution in [0.2, 0.25) is 10.0 Å². The predicted octanol–water partition coefficient (Wildman–Crippen LogP) is 4.07. The molecule has 1 fully saturated rings. The molecule has 1 aliphatic rings. The molecule has 0 radical (unpaired) electrons. The molecule has 1 amide bonds. The lowest BCUT2D eigenvalue weighted by Crippen LogP contribution is -2.39. The Hall–Kier alpha value is -0.810. The maximum absolute atomic E-state index is 12.5. The van der Waals surface area contributed by atoms with E-state index in [1.807, 2.05) is 12.1 Å². The molecule has 3 rings (SSSR count). The molecule has 112 valence electrons. The van der Waals surface area contributed by atoms with E-state index in [0.29, 0.717) is 27.4 Å². The zero-order chi connectivity index (χ0) is 15.0. The van der Waals surface area contributed by atoms with E-state index in [4.69, 9.17) is 28.9 Å². The highest BCUT2D eigenvalue weighted by Crippen LogP contribution is 2.37. The van der Waals surface area contributed by atoms with Gasteiger partial charge in [-0.3, -0.25) is 4.79 Å². The van der Waals surface area contributed by atoms with Crippen molar-refractivity contribution >= 4 is 50.5 Å². The lowest BCUT2D eigenvalue weighted by molar-refractivity contribution is 0.0933. The summed E-state index contributed by atoms with van der Waals surface area (Å²) in [4.78, 5) is 13.0. The van der Waals surface area contributed by atoms with E-state index in [1.165, 1.54) is 11.3 Å². The Kier molecular flexibility index (Phi) is 4.41. The Bertz CT molecular complexity index is 686. The molecular formula is C15H16Cl2N2OS. The van der Waals surface area contributed by atoms with E-state index >= 15 is 0 Å². The third-order valence-corrected chi connectivity index (χ3v) is 5.97. The smallest absolute Gasteiger partial charge is 0.263 e. The molecule has 3 nitrogen and oxygen atoms in total. The summed E-state index contributed by atoms with van der Waals surface area (Å²) in [5.41, 5.74) is 5.76. The van der Waals surface area contributed by atoms with Crippen molar-refractivity contribution in [3.8, 4) is 0 Å². The van der Waals surface area contributed by atoms with Crippen molar-refractivity contribution in [1.82, 2.24) is 5.32 Å². The number of carbonyl (C=O) groups excluding carboxylic acids is 1. The first-order valence-electron chi connectivity index (χ1n) is 6.98. The summed E-state index contributed by atoms with van der Waals surface area (Å²) in [7, 11) is 0. The number of hydrogen-bond donors (Lipinski definition) is 2. The number of amides is 1. The SMILES string of the molecule is NCC1CCCC1NC(=O)c1sc2cc(Cl)ccc2c1Cl. The lowest BCUT2D eigenvalue weighted by Gasteiger charge is -2.19. The van der Waals surface area contributed by atoms with Gasteiger partial charge in [-0.15, -0.1) is 11.3 Å². The van der Waals surface area contributed by atoms with Gasteiger partial charge in [-0.25, -0.2) is 0 Å². The molecule has 2 aromatic rings. The summed E-state index contributed by atoms with van der Waals surface area (Å²) < 4.78 is 0.930. The summed E-state index contributed by atoms with van der Waals surface area (Å²) in [5, 5.41) is 5.11. The van der Waals surface area contributed by atoms with Crippen molar-refractivity contribution in [3.05, 3.63) is 33.1 Å². The highest BCUT2D eigenvalue weighted by molar-refractivity contribution is 7.21. The largest absolute Gasteiger partial charge is 0.348 e. The summed E-state index contributed by atoms with van der Waals surface area (Å²) in [6.07, 6.45) is 3.18. The molecule has 0 bridgehead atoms. The van der Waals surface area contributed by atoms with Gasteiger partial charge in [0.15, 0.2) is 0 Å². The second kappa shape index (κ2) is 6.13. The number of rotatable bonds is 3. The van der Waals surface area contributed by atoms with Crippen LogP contribution in [0.25, 0.3) is 10.1 Å². The minimum absolute atomic E-state index is 0.109. The van der Waals surface area contributed by atoms with Gasteiger partial charge in [0, 0.05) is 21.2 Å². The van der Waals surface area contributed by atoms with E-state index in [0.717, 1.165) is 29.3 Å². The normalized spacial score (nSPS) is 21.9. The fourth-order valence-corrected chi connectivity index (χ4v) is 4.62.